The van der Waals surface area contributed by atoms with Gasteiger partial charge in [0.15, 0.2) is 0 Å². The van der Waals surface area contributed by atoms with Gasteiger partial charge in [-0.15, -0.1) is 0 Å². The fourth-order valence-electron chi connectivity index (χ4n) is 1.82. The van der Waals surface area contributed by atoms with Crippen molar-refractivity contribution in [1.29, 1.82) is 0 Å². The summed E-state index contributed by atoms with van der Waals surface area (Å²) in [6, 6.07) is -0.235. The van der Waals surface area contributed by atoms with Crippen molar-refractivity contribution in [2.75, 3.05) is 6.54 Å². The predicted octanol–water partition coefficient (Wildman–Crippen LogP) is -0.895. The molecule has 0 bridgehead atoms. The minimum absolute atomic E-state index is 0.235. The number of amides is 2. The van der Waals surface area contributed by atoms with Gasteiger partial charge in [0.1, 0.15) is 0 Å². The summed E-state index contributed by atoms with van der Waals surface area (Å²) < 4.78 is 0. The number of rotatable bonds is 4. The zero-order chi connectivity index (χ0) is 10.6. The van der Waals surface area contributed by atoms with Crippen LogP contribution in [0.25, 0.3) is 0 Å². The number of carbonyl (C=O) groups excluding carboxylic acids is 2. The number of hydrogen-bond acceptors (Lipinski definition) is 3. The van der Waals surface area contributed by atoms with Gasteiger partial charge in [-0.25, -0.2) is 0 Å². The number of nitrogens with one attached hydrogen (secondary N) is 1. The van der Waals surface area contributed by atoms with Crippen LogP contribution in [-0.2, 0) is 9.59 Å². The Kier molecular flexibility index (Phi) is 3.88. The Morgan fingerprint density at radius 1 is 1.36 bits per heavy atom. The molecular formula is C9H17N3O2. The average Bonchev–Trinajstić information content (AvgIpc) is 2.15. The smallest absolute Gasteiger partial charge is 0.234 e. The van der Waals surface area contributed by atoms with E-state index in [0.717, 1.165) is 25.8 Å². The number of carbonyl (C=O) groups is 2. The van der Waals surface area contributed by atoms with Crippen LogP contribution in [0, 0.1) is 5.92 Å². The van der Waals surface area contributed by atoms with E-state index in [2.05, 4.69) is 5.32 Å². The molecule has 0 aliphatic carbocycles. The molecular weight excluding hydrogens is 182 g/mol. The Morgan fingerprint density at radius 2 is 2.07 bits per heavy atom. The highest BCUT2D eigenvalue weighted by Gasteiger charge is 2.24. The van der Waals surface area contributed by atoms with Crippen LogP contribution < -0.4 is 16.8 Å². The molecule has 1 rings (SSSR count). The Hall–Kier alpha value is -1.10. The van der Waals surface area contributed by atoms with Crippen molar-refractivity contribution in [3.05, 3.63) is 0 Å². The zero-order valence-corrected chi connectivity index (χ0v) is 8.16. The second-order valence-electron chi connectivity index (χ2n) is 3.80. The van der Waals surface area contributed by atoms with Gasteiger partial charge >= 0.3 is 0 Å². The van der Waals surface area contributed by atoms with Crippen molar-refractivity contribution in [2.24, 2.45) is 17.4 Å². The van der Waals surface area contributed by atoms with Crippen molar-refractivity contribution in [3.63, 3.8) is 0 Å². The normalized spacial score (nSPS) is 27.1. The van der Waals surface area contributed by atoms with E-state index in [1.807, 2.05) is 0 Å². The van der Waals surface area contributed by atoms with Crippen LogP contribution in [0.15, 0.2) is 0 Å². The Labute approximate surface area is 83.2 Å². The van der Waals surface area contributed by atoms with E-state index in [0.29, 0.717) is 12.3 Å². The van der Waals surface area contributed by atoms with E-state index in [1.54, 1.807) is 0 Å². The lowest BCUT2D eigenvalue weighted by Gasteiger charge is -2.28. The molecule has 1 saturated heterocycles. The van der Waals surface area contributed by atoms with Crippen LogP contribution >= 0.6 is 0 Å². The molecule has 5 N–H and O–H groups in total. The highest BCUT2D eigenvalue weighted by molar-refractivity contribution is 5.80. The molecule has 2 amide bonds. The van der Waals surface area contributed by atoms with Crippen LogP contribution in [0.2, 0.25) is 0 Å². The van der Waals surface area contributed by atoms with Gasteiger partial charge in [0.2, 0.25) is 11.8 Å². The molecule has 2 atom stereocenters. The number of piperidine rings is 1. The standard InChI is InChI=1S/C9H17N3O2/c10-8(13)2-1-6-3-4-12-7(5-6)9(11)14/h6-7,12H,1-5H2,(H2,10,13)(H2,11,14)/t6?,7-/m0/s1. The van der Waals surface area contributed by atoms with Crippen LogP contribution in [0.5, 0.6) is 0 Å². The van der Waals surface area contributed by atoms with Crippen molar-refractivity contribution in [1.82, 2.24) is 5.32 Å². The third kappa shape index (κ3) is 3.33. The Morgan fingerprint density at radius 3 is 2.64 bits per heavy atom. The number of nitrogens with two attached hydrogens (primary N) is 2. The summed E-state index contributed by atoms with van der Waals surface area (Å²) in [5.74, 6) is -0.200. The fraction of sp³-hybridized carbons (Fsp3) is 0.778. The quantitative estimate of drug-likeness (QED) is 0.547. The van der Waals surface area contributed by atoms with Crippen molar-refractivity contribution in [2.45, 2.75) is 31.7 Å². The maximum absolute atomic E-state index is 10.9. The second-order valence-corrected chi connectivity index (χ2v) is 3.80. The molecule has 14 heavy (non-hydrogen) atoms. The summed E-state index contributed by atoms with van der Waals surface area (Å²) in [6.45, 7) is 0.789. The third-order valence-corrected chi connectivity index (χ3v) is 2.65. The Balaban J connectivity index is 2.32. The first-order chi connectivity index (χ1) is 6.59. The largest absolute Gasteiger partial charge is 0.370 e. The van der Waals surface area contributed by atoms with Gasteiger partial charge in [0, 0.05) is 6.42 Å². The lowest BCUT2D eigenvalue weighted by molar-refractivity contribution is -0.120. The van der Waals surface area contributed by atoms with Gasteiger partial charge in [-0.2, -0.15) is 0 Å². The lowest BCUT2D eigenvalue weighted by Crippen LogP contribution is -2.46. The van der Waals surface area contributed by atoms with Gasteiger partial charge in [-0.05, 0) is 31.7 Å². The maximum Gasteiger partial charge on any atom is 0.234 e. The number of primary amides is 2. The average molecular weight is 199 g/mol. The fourth-order valence-corrected chi connectivity index (χ4v) is 1.82. The second kappa shape index (κ2) is 4.95. The van der Waals surface area contributed by atoms with Crippen LogP contribution in [-0.4, -0.2) is 24.4 Å². The summed E-state index contributed by atoms with van der Waals surface area (Å²) >= 11 is 0. The molecule has 1 aliphatic rings. The van der Waals surface area contributed by atoms with E-state index in [9.17, 15) is 9.59 Å². The summed E-state index contributed by atoms with van der Waals surface area (Å²) in [5, 5.41) is 3.05. The van der Waals surface area contributed by atoms with Crippen LogP contribution in [0.4, 0.5) is 0 Å². The molecule has 0 radical (unpaired) electrons. The third-order valence-electron chi connectivity index (χ3n) is 2.65. The van der Waals surface area contributed by atoms with Crippen molar-refractivity contribution in [3.8, 4) is 0 Å². The highest BCUT2D eigenvalue weighted by atomic mass is 16.1. The van der Waals surface area contributed by atoms with Crippen LogP contribution in [0.1, 0.15) is 25.7 Å². The van der Waals surface area contributed by atoms with Gasteiger partial charge in [0.05, 0.1) is 6.04 Å². The van der Waals surface area contributed by atoms with E-state index >= 15 is 0 Å². The maximum atomic E-state index is 10.9. The van der Waals surface area contributed by atoms with Gasteiger partial charge < -0.3 is 16.8 Å². The molecule has 5 heteroatoms. The SMILES string of the molecule is NC(=O)CCC1CCN[C@H](C(N)=O)C1. The summed E-state index contributed by atoms with van der Waals surface area (Å²) in [5.41, 5.74) is 10.3. The topological polar surface area (TPSA) is 98.2 Å². The van der Waals surface area contributed by atoms with E-state index < -0.39 is 0 Å². The minimum atomic E-state index is -0.311. The molecule has 0 spiro atoms. The van der Waals surface area contributed by atoms with Gasteiger partial charge in [-0.1, -0.05) is 0 Å². The van der Waals surface area contributed by atoms with Crippen LogP contribution in [0.3, 0.4) is 0 Å². The molecule has 1 aliphatic heterocycles. The molecule has 0 aromatic rings. The van der Waals surface area contributed by atoms with Gasteiger partial charge in [-0.3, -0.25) is 9.59 Å². The van der Waals surface area contributed by atoms with E-state index in [-0.39, 0.29) is 17.9 Å². The molecule has 0 saturated carbocycles. The summed E-state index contributed by atoms with van der Waals surface area (Å²) in [6.07, 6.45) is 2.87. The minimum Gasteiger partial charge on any atom is -0.370 e. The van der Waals surface area contributed by atoms with Crippen molar-refractivity contribution >= 4 is 11.8 Å². The summed E-state index contributed by atoms with van der Waals surface area (Å²) in [4.78, 5) is 21.5. The highest BCUT2D eigenvalue weighted by Crippen LogP contribution is 2.20. The first-order valence-corrected chi connectivity index (χ1v) is 4.90. The first-order valence-electron chi connectivity index (χ1n) is 4.90. The van der Waals surface area contributed by atoms with Gasteiger partial charge in [0.25, 0.3) is 0 Å². The molecule has 80 valence electrons. The monoisotopic (exact) mass is 199 g/mol. The predicted molar refractivity (Wildman–Crippen MR) is 52.1 cm³/mol. The molecule has 5 nitrogen and oxygen atoms in total. The molecule has 0 aromatic carbocycles. The molecule has 1 heterocycles. The summed E-state index contributed by atoms with van der Waals surface area (Å²) in [7, 11) is 0. The lowest BCUT2D eigenvalue weighted by atomic mass is 9.88. The number of hydrogen-bond donors (Lipinski definition) is 3. The molecule has 1 fully saturated rings. The Bertz CT molecular complexity index is 230. The molecule has 1 unspecified atom stereocenters. The molecule has 0 aromatic heterocycles. The first kappa shape index (κ1) is 11.0. The van der Waals surface area contributed by atoms with Crippen molar-refractivity contribution < 1.29 is 9.59 Å². The van der Waals surface area contributed by atoms with E-state index in [1.165, 1.54) is 0 Å². The zero-order valence-electron chi connectivity index (χ0n) is 8.16. The van der Waals surface area contributed by atoms with E-state index in [4.69, 9.17) is 11.5 Å².